The maximum Gasteiger partial charge on any atom is 0.0483 e. The number of aromatic nitrogens is 1. The molecule has 2 heteroatoms. The maximum absolute atomic E-state index is 5.64. The number of benzene rings is 1. The van der Waals surface area contributed by atoms with Crippen LogP contribution < -0.4 is 5.73 Å². The highest BCUT2D eigenvalue weighted by atomic mass is 15.0. The van der Waals surface area contributed by atoms with Crippen molar-refractivity contribution in [2.24, 2.45) is 5.73 Å². The van der Waals surface area contributed by atoms with Crippen molar-refractivity contribution in [1.82, 2.24) is 4.57 Å². The van der Waals surface area contributed by atoms with E-state index in [1.165, 1.54) is 22.2 Å². The molecular formula is C14H20N2. The minimum absolute atomic E-state index is 0.586. The van der Waals surface area contributed by atoms with Crippen LogP contribution in [0.1, 0.15) is 31.0 Å². The molecule has 1 aromatic heterocycles. The Labute approximate surface area is 97.1 Å². The molecule has 0 aliphatic rings. The van der Waals surface area contributed by atoms with Crippen molar-refractivity contribution in [2.45, 2.75) is 33.2 Å². The minimum atomic E-state index is 0.586. The largest absolute Gasteiger partial charge is 0.344 e. The van der Waals surface area contributed by atoms with Crippen molar-refractivity contribution in [3.8, 4) is 0 Å². The normalized spacial score (nSPS) is 11.6. The Balaban J connectivity index is 2.56. The fraction of sp³-hybridized carbons (Fsp3) is 0.429. The summed E-state index contributed by atoms with van der Waals surface area (Å²) >= 11 is 0. The van der Waals surface area contributed by atoms with Gasteiger partial charge in [0.15, 0.2) is 0 Å². The van der Waals surface area contributed by atoms with Crippen molar-refractivity contribution in [3.63, 3.8) is 0 Å². The average molecular weight is 216 g/mol. The molecule has 2 aromatic rings. The zero-order valence-corrected chi connectivity index (χ0v) is 10.3. The molecule has 0 unspecified atom stereocenters. The first-order chi connectivity index (χ1) is 7.63. The van der Waals surface area contributed by atoms with Crippen molar-refractivity contribution in [3.05, 3.63) is 35.5 Å². The summed E-state index contributed by atoms with van der Waals surface area (Å²) < 4.78 is 2.29. The highest BCUT2D eigenvalue weighted by Crippen LogP contribution is 2.24. The minimum Gasteiger partial charge on any atom is -0.344 e. The molecule has 0 amide bonds. The van der Waals surface area contributed by atoms with Gasteiger partial charge in [0.25, 0.3) is 0 Å². The second-order valence-electron chi connectivity index (χ2n) is 4.70. The monoisotopic (exact) mass is 216 g/mol. The molecule has 0 saturated heterocycles. The van der Waals surface area contributed by atoms with Crippen LogP contribution in [0.5, 0.6) is 0 Å². The van der Waals surface area contributed by atoms with Gasteiger partial charge in [0.2, 0.25) is 0 Å². The summed E-state index contributed by atoms with van der Waals surface area (Å²) in [5.41, 5.74) is 9.63. The Morgan fingerprint density at radius 2 is 2.00 bits per heavy atom. The second kappa shape index (κ2) is 4.30. The Morgan fingerprint density at radius 1 is 1.25 bits per heavy atom. The van der Waals surface area contributed by atoms with E-state index in [1.54, 1.807) is 0 Å². The van der Waals surface area contributed by atoms with E-state index in [1.807, 2.05) is 0 Å². The lowest BCUT2D eigenvalue weighted by atomic mass is 10.0. The SMILES string of the molecule is Cc1cc2cc(C(C)C)ccc2n1CCN. The Bertz CT molecular complexity index is 495. The standard InChI is InChI=1S/C14H20N2/c1-10(2)12-4-5-14-13(9-12)8-11(3)16(14)7-6-15/h4-5,8-10H,6-7,15H2,1-3H3. The van der Waals surface area contributed by atoms with Gasteiger partial charge in [-0.1, -0.05) is 19.9 Å². The third-order valence-electron chi connectivity index (χ3n) is 3.15. The zero-order valence-electron chi connectivity index (χ0n) is 10.3. The van der Waals surface area contributed by atoms with Crippen LogP contribution in [-0.4, -0.2) is 11.1 Å². The first kappa shape index (κ1) is 11.2. The summed E-state index contributed by atoms with van der Waals surface area (Å²) in [5.74, 6) is 0.586. The Morgan fingerprint density at radius 3 is 2.62 bits per heavy atom. The molecule has 0 aliphatic carbocycles. The van der Waals surface area contributed by atoms with E-state index in [2.05, 4.69) is 49.6 Å². The topological polar surface area (TPSA) is 30.9 Å². The highest BCUT2D eigenvalue weighted by molar-refractivity contribution is 5.82. The Hall–Kier alpha value is -1.28. The molecule has 0 fully saturated rings. The van der Waals surface area contributed by atoms with Crippen LogP contribution in [-0.2, 0) is 6.54 Å². The van der Waals surface area contributed by atoms with Gasteiger partial charge in [0, 0.05) is 29.7 Å². The number of nitrogens with two attached hydrogens (primary N) is 1. The van der Waals surface area contributed by atoms with E-state index in [9.17, 15) is 0 Å². The quantitative estimate of drug-likeness (QED) is 0.840. The molecule has 0 radical (unpaired) electrons. The molecule has 0 spiro atoms. The van der Waals surface area contributed by atoms with Crippen molar-refractivity contribution < 1.29 is 0 Å². The molecule has 0 bridgehead atoms. The van der Waals surface area contributed by atoms with E-state index in [4.69, 9.17) is 5.73 Å². The molecule has 2 nitrogen and oxygen atoms in total. The fourth-order valence-corrected chi connectivity index (χ4v) is 2.21. The third kappa shape index (κ3) is 1.85. The van der Waals surface area contributed by atoms with Crippen LogP contribution >= 0.6 is 0 Å². The second-order valence-corrected chi connectivity index (χ2v) is 4.70. The molecule has 86 valence electrons. The average Bonchev–Trinajstić information content (AvgIpc) is 2.55. The van der Waals surface area contributed by atoms with Gasteiger partial charge >= 0.3 is 0 Å². The number of hydrogen-bond donors (Lipinski definition) is 1. The van der Waals surface area contributed by atoms with Gasteiger partial charge in [0.05, 0.1) is 0 Å². The van der Waals surface area contributed by atoms with Crippen molar-refractivity contribution in [2.75, 3.05) is 6.54 Å². The van der Waals surface area contributed by atoms with Gasteiger partial charge in [-0.15, -0.1) is 0 Å². The molecule has 1 heterocycles. The van der Waals surface area contributed by atoms with Crippen molar-refractivity contribution >= 4 is 10.9 Å². The van der Waals surface area contributed by atoms with E-state index in [-0.39, 0.29) is 0 Å². The molecule has 2 N–H and O–H groups in total. The van der Waals surface area contributed by atoms with Gasteiger partial charge < -0.3 is 10.3 Å². The number of fused-ring (bicyclic) bond motifs is 1. The van der Waals surface area contributed by atoms with Gasteiger partial charge in [0.1, 0.15) is 0 Å². The predicted octanol–water partition coefficient (Wildman–Crippen LogP) is 3.03. The summed E-state index contributed by atoms with van der Waals surface area (Å²) in [6.45, 7) is 8.19. The first-order valence-corrected chi connectivity index (χ1v) is 5.93. The molecule has 0 atom stereocenters. The smallest absolute Gasteiger partial charge is 0.0483 e. The lowest BCUT2D eigenvalue weighted by Crippen LogP contribution is -2.10. The summed E-state index contributed by atoms with van der Waals surface area (Å²) in [6, 6.07) is 8.98. The Kier molecular flexibility index (Phi) is 3.01. The summed E-state index contributed by atoms with van der Waals surface area (Å²) in [6.07, 6.45) is 0. The van der Waals surface area contributed by atoms with Gasteiger partial charge in [-0.05, 0) is 36.6 Å². The van der Waals surface area contributed by atoms with E-state index in [0.29, 0.717) is 12.5 Å². The zero-order chi connectivity index (χ0) is 11.7. The lowest BCUT2D eigenvalue weighted by molar-refractivity contribution is 0.715. The van der Waals surface area contributed by atoms with Crippen LogP contribution in [0.15, 0.2) is 24.3 Å². The summed E-state index contributed by atoms with van der Waals surface area (Å²) in [7, 11) is 0. The number of hydrogen-bond acceptors (Lipinski definition) is 1. The van der Waals surface area contributed by atoms with E-state index in [0.717, 1.165) is 6.54 Å². The van der Waals surface area contributed by atoms with E-state index < -0.39 is 0 Å². The summed E-state index contributed by atoms with van der Waals surface area (Å²) in [5, 5.41) is 1.33. The van der Waals surface area contributed by atoms with Crippen LogP contribution in [0, 0.1) is 6.92 Å². The predicted molar refractivity (Wildman–Crippen MR) is 69.8 cm³/mol. The summed E-state index contributed by atoms with van der Waals surface area (Å²) in [4.78, 5) is 0. The first-order valence-electron chi connectivity index (χ1n) is 5.93. The molecule has 0 saturated carbocycles. The molecule has 0 aliphatic heterocycles. The lowest BCUT2D eigenvalue weighted by Gasteiger charge is -2.08. The van der Waals surface area contributed by atoms with Gasteiger partial charge in [-0.3, -0.25) is 0 Å². The van der Waals surface area contributed by atoms with Crippen molar-refractivity contribution in [1.29, 1.82) is 0 Å². The van der Waals surface area contributed by atoms with Gasteiger partial charge in [-0.2, -0.15) is 0 Å². The van der Waals surface area contributed by atoms with E-state index >= 15 is 0 Å². The molecule has 1 aromatic carbocycles. The van der Waals surface area contributed by atoms with Crippen LogP contribution in [0.4, 0.5) is 0 Å². The van der Waals surface area contributed by atoms with Crippen LogP contribution in [0.25, 0.3) is 10.9 Å². The highest BCUT2D eigenvalue weighted by Gasteiger charge is 2.06. The molecule has 16 heavy (non-hydrogen) atoms. The number of nitrogens with zero attached hydrogens (tertiary/aromatic N) is 1. The van der Waals surface area contributed by atoms with Crippen LogP contribution in [0.2, 0.25) is 0 Å². The molecular weight excluding hydrogens is 196 g/mol. The third-order valence-corrected chi connectivity index (χ3v) is 3.15. The maximum atomic E-state index is 5.64. The fourth-order valence-electron chi connectivity index (χ4n) is 2.21. The molecule has 2 rings (SSSR count). The van der Waals surface area contributed by atoms with Crippen LogP contribution in [0.3, 0.4) is 0 Å². The number of aryl methyl sites for hydroxylation is 1. The van der Waals surface area contributed by atoms with Gasteiger partial charge in [-0.25, -0.2) is 0 Å². The number of rotatable bonds is 3.